The van der Waals surface area contributed by atoms with Crippen molar-refractivity contribution in [3.05, 3.63) is 35.7 Å². The standard InChI is InChI=1S/C8H5F2N5O/c9-4-1-5(10)3-6(2-4)11-8(16)7-12-14-15-13-7/h1-3H,(H,11,16)(H,12,13,14,15). The second-order valence-electron chi connectivity index (χ2n) is 2.85. The molecule has 1 amide bonds. The number of carbonyl (C=O) groups is 1. The van der Waals surface area contributed by atoms with Gasteiger partial charge in [-0.1, -0.05) is 0 Å². The number of halogens is 2. The van der Waals surface area contributed by atoms with Crippen molar-refractivity contribution >= 4 is 11.6 Å². The van der Waals surface area contributed by atoms with E-state index in [0.29, 0.717) is 6.07 Å². The van der Waals surface area contributed by atoms with Crippen molar-refractivity contribution in [1.29, 1.82) is 0 Å². The molecule has 2 aromatic rings. The molecule has 0 aliphatic heterocycles. The fraction of sp³-hybridized carbons (Fsp3) is 0. The Kier molecular flexibility index (Phi) is 2.54. The van der Waals surface area contributed by atoms with Crippen LogP contribution in [0, 0.1) is 11.6 Å². The van der Waals surface area contributed by atoms with Crippen LogP contribution in [0.15, 0.2) is 18.2 Å². The van der Waals surface area contributed by atoms with Crippen molar-refractivity contribution in [2.24, 2.45) is 0 Å². The Bertz CT molecular complexity index is 493. The third kappa shape index (κ3) is 2.16. The number of nitrogens with one attached hydrogen (secondary N) is 2. The summed E-state index contributed by atoms with van der Waals surface area (Å²) in [7, 11) is 0. The summed E-state index contributed by atoms with van der Waals surface area (Å²) in [5, 5.41) is 14.3. The summed E-state index contributed by atoms with van der Waals surface area (Å²) in [4.78, 5) is 11.4. The van der Waals surface area contributed by atoms with Gasteiger partial charge in [-0.25, -0.2) is 8.78 Å². The van der Waals surface area contributed by atoms with Gasteiger partial charge in [-0.3, -0.25) is 4.79 Å². The van der Waals surface area contributed by atoms with Crippen molar-refractivity contribution in [1.82, 2.24) is 20.6 Å². The minimum absolute atomic E-state index is 0.0210. The SMILES string of the molecule is O=C(Nc1cc(F)cc(F)c1)c1nn[nH]n1. The summed E-state index contributed by atoms with van der Waals surface area (Å²) in [6, 6.07) is 2.64. The molecule has 1 aromatic heterocycles. The Morgan fingerprint density at radius 2 is 1.94 bits per heavy atom. The number of tetrazole rings is 1. The van der Waals surface area contributed by atoms with E-state index >= 15 is 0 Å². The third-order valence-electron chi connectivity index (χ3n) is 1.67. The maximum absolute atomic E-state index is 12.8. The number of benzene rings is 1. The first-order valence-corrected chi connectivity index (χ1v) is 4.16. The van der Waals surface area contributed by atoms with Crippen LogP contribution in [0.5, 0.6) is 0 Å². The molecule has 0 fully saturated rings. The van der Waals surface area contributed by atoms with Gasteiger partial charge in [0.15, 0.2) is 0 Å². The topological polar surface area (TPSA) is 83.6 Å². The highest BCUT2D eigenvalue weighted by atomic mass is 19.1. The molecule has 1 heterocycles. The summed E-state index contributed by atoms with van der Waals surface area (Å²) in [5.74, 6) is -2.50. The smallest absolute Gasteiger partial charge is 0.297 e. The first kappa shape index (κ1) is 10.1. The number of amides is 1. The van der Waals surface area contributed by atoms with Crippen molar-refractivity contribution in [2.75, 3.05) is 5.32 Å². The van der Waals surface area contributed by atoms with Crippen molar-refractivity contribution < 1.29 is 13.6 Å². The molecule has 82 valence electrons. The van der Waals surface area contributed by atoms with Crippen LogP contribution in [0.4, 0.5) is 14.5 Å². The molecule has 0 aliphatic rings. The van der Waals surface area contributed by atoms with E-state index in [-0.39, 0.29) is 11.5 Å². The molecule has 6 nitrogen and oxygen atoms in total. The molecule has 0 saturated heterocycles. The molecule has 0 atom stereocenters. The molecule has 0 aliphatic carbocycles. The molecule has 0 unspecified atom stereocenters. The molecule has 0 spiro atoms. The molecule has 2 rings (SSSR count). The van der Waals surface area contributed by atoms with Crippen molar-refractivity contribution in [3.63, 3.8) is 0 Å². The van der Waals surface area contributed by atoms with Crippen LogP contribution in [0.1, 0.15) is 10.6 Å². The van der Waals surface area contributed by atoms with E-state index < -0.39 is 17.5 Å². The van der Waals surface area contributed by atoms with Crippen LogP contribution >= 0.6 is 0 Å². The van der Waals surface area contributed by atoms with Crippen LogP contribution in [0.25, 0.3) is 0 Å². The molecule has 0 saturated carbocycles. The van der Waals surface area contributed by atoms with Crippen molar-refractivity contribution in [2.45, 2.75) is 0 Å². The quantitative estimate of drug-likeness (QED) is 0.789. The van der Waals surface area contributed by atoms with Gasteiger partial charge in [0, 0.05) is 11.8 Å². The Morgan fingerprint density at radius 1 is 1.25 bits per heavy atom. The maximum atomic E-state index is 12.8. The Labute approximate surface area is 87.7 Å². The van der Waals surface area contributed by atoms with Gasteiger partial charge in [0.05, 0.1) is 0 Å². The van der Waals surface area contributed by atoms with Gasteiger partial charge in [-0.15, -0.1) is 10.2 Å². The molecule has 0 radical (unpaired) electrons. The fourth-order valence-corrected chi connectivity index (χ4v) is 1.07. The van der Waals surface area contributed by atoms with E-state index in [0.717, 1.165) is 12.1 Å². The zero-order chi connectivity index (χ0) is 11.5. The number of aromatic amines is 1. The maximum Gasteiger partial charge on any atom is 0.297 e. The second kappa shape index (κ2) is 4.01. The van der Waals surface area contributed by atoms with Crippen molar-refractivity contribution in [3.8, 4) is 0 Å². The predicted octanol–water partition coefficient (Wildman–Crippen LogP) is 0.730. The summed E-state index contributed by atoms with van der Waals surface area (Å²) >= 11 is 0. The Balaban J connectivity index is 2.18. The zero-order valence-electron chi connectivity index (χ0n) is 7.74. The highest BCUT2D eigenvalue weighted by Crippen LogP contribution is 2.13. The first-order chi connectivity index (χ1) is 7.65. The molecular formula is C8H5F2N5O. The number of aromatic nitrogens is 4. The number of H-pyrrole nitrogens is 1. The lowest BCUT2D eigenvalue weighted by molar-refractivity contribution is 0.101. The van der Waals surface area contributed by atoms with E-state index in [4.69, 9.17) is 0 Å². The lowest BCUT2D eigenvalue weighted by Gasteiger charge is -2.02. The summed E-state index contributed by atoms with van der Waals surface area (Å²) in [6.45, 7) is 0. The van der Waals surface area contributed by atoms with Crippen LogP contribution < -0.4 is 5.32 Å². The number of anilines is 1. The minimum Gasteiger partial charge on any atom is -0.319 e. The average Bonchev–Trinajstić information content (AvgIpc) is 2.68. The highest BCUT2D eigenvalue weighted by Gasteiger charge is 2.11. The van der Waals surface area contributed by atoms with E-state index in [1.165, 1.54) is 0 Å². The number of nitrogens with zero attached hydrogens (tertiary/aromatic N) is 3. The molecule has 16 heavy (non-hydrogen) atoms. The monoisotopic (exact) mass is 225 g/mol. The number of rotatable bonds is 2. The molecule has 1 aromatic carbocycles. The van der Waals surface area contributed by atoms with Gasteiger partial charge in [-0.2, -0.15) is 5.21 Å². The molecule has 8 heteroatoms. The average molecular weight is 225 g/mol. The van der Waals surface area contributed by atoms with Crippen LogP contribution in [0.2, 0.25) is 0 Å². The predicted molar refractivity (Wildman–Crippen MR) is 48.5 cm³/mol. The van der Waals surface area contributed by atoms with Gasteiger partial charge in [0.2, 0.25) is 0 Å². The molecule has 2 N–H and O–H groups in total. The summed E-state index contributed by atoms with van der Waals surface area (Å²) < 4.78 is 25.6. The molecular weight excluding hydrogens is 220 g/mol. The lowest BCUT2D eigenvalue weighted by atomic mass is 10.3. The normalized spacial score (nSPS) is 10.1. The summed E-state index contributed by atoms with van der Waals surface area (Å²) in [6.07, 6.45) is 0. The fourth-order valence-electron chi connectivity index (χ4n) is 1.07. The van der Waals surface area contributed by atoms with Crippen LogP contribution in [-0.4, -0.2) is 26.5 Å². The lowest BCUT2D eigenvalue weighted by Crippen LogP contribution is -2.14. The van der Waals surface area contributed by atoms with Gasteiger partial charge in [0.1, 0.15) is 11.6 Å². The summed E-state index contributed by atoms with van der Waals surface area (Å²) in [5.41, 5.74) is -0.0210. The number of hydrogen-bond donors (Lipinski definition) is 2. The van der Waals surface area contributed by atoms with E-state index in [9.17, 15) is 13.6 Å². The van der Waals surface area contributed by atoms with Crippen LogP contribution in [0.3, 0.4) is 0 Å². The van der Waals surface area contributed by atoms with Gasteiger partial charge in [0.25, 0.3) is 11.7 Å². The van der Waals surface area contributed by atoms with Gasteiger partial charge < -0.3 is 5.32 Å². The van der Waals surface area contributed by atoms with Gasteiger partial charge >= 0.3 is 0 Å². The third-order valence-corrected chi connectivity index (χ3v) is 1.67. The zero-order valence-corrected chi connectivity index (χ0v) is 7.74. The van der Waals surface area contributed by atoms with Crippen LogP contribution in [-0.2, 0) is 0 Å². The minimum atomic E-state index is -0.789. The Morgan fingerprint density at radius 3 is 2.50 bits per heavy atom. The van der Waals surface area contributed by atoms with Gasteiger partial charge in [-0.05, 0) is 17.3 Å². The number of hydrogen-bond acceptors (Lipinski definition) is 4. The van der Waals surface area contributed by atoms with E-state index in [1.54, 1.807) is 0 Å². The molecule has 0 bridgehead atoms. The van der Waals surface area contributed by atoms with E-state index in [1.807, 2.05) is 0 Å². The van der Waals surface area contributed by atoms with E-state index in [2.05, 4.69) is 25.9 Å². The largest absolute Gasteiger partial charge is 0.319 e. The Hall–Kier alpha value is -2.38. The highest BCUT2D eigenvalue weighted by molar-refractivity contribution is 6.01. The second-order valence-corrected chi connectivity index (χ2v) is 2.85. The number of carbonyl (C=O) groups excluding carboxylic acids is 1. The first-order valence-electron chi connectivity index (χ1n) is 4.16.